The highest BCUT2D eigenvalue weighted by Crippen LogP contribution is 2.11. The Bertz CT molecular complexity index is 309. The lowest BCUT2D eigenvalue weighted by Gasteiger charge is -2.35. The first-order valence-electron chi connectivity index (χ1n) is 4.67. The van der Waals surface area contributed by atoms with E-state index in [4.69, 9.17) is 12.2 Å². The first kappa shape index (κ1) is 12.1. The van der Waals surface area contributed by atoms with Gasteiger partial charge in [-0.05, 0) is 12.2 Å². The molecule has 0 spiro atoms. The van der Waals surface area contributed by atoms with Crippen LogP contribution >= 0.6 is 12.2 Å². The predicted octanol–water partition coefficient (Wildman–Crippen LogP) is -1.47. The molecule has 0 aromatic heterocycles. The molecule has 84 valence electrons. The lowest BCUT2D eigenvalue weighted by molar-refractivity contribution is -0.889. The van der Waals surface area contributed by atoms with Crippen LogP contribution in [0.4, 0.5) is 0 Å². The number of carboxylic acid groups (broad SMARTS) is 1. The molecule has 1 aliphatic heterocycles. The number of carboxylic acids is 1. The van der Waals surface area contributed by atoms with Crippen molar-refractivity contribution in [2.24, 2.45) is 4.99 Å². The smallest absolute Gasteiger partial charge is 0.192 e. The van der Waals surface area contributed by atoms with E-state index in [0.717, 1.165) is 0 Å². The maximum atomic E-state index is 11.0. The minimum absolute atomic E-state index is 0.0993. The van der Waals surface area contributed by atoms with Crippen LogP contribution in [0.2, 0.25) is 0 Å². The summed E-state index contributed by atoms with van der Waals surface area (Å²) in [6.07, 6.45) is 2.07. The first-order valence-corrected chi connectivity index (χ1v) is 5.08. The maximum Gasteiger partial charge on any atom is 0.192 e. The number of thiocarbonyl (C=S) groups is 1. The lowest BCUT2D eigenvalue weighted by Crippen LogP contribution is -2.56. The first-order chi connectivity index (χ1) is 6.80. The average molecular weight is 229 g/mol. The molecule has 0 amide bonds. The fourth-order valence-corrected chi connectivity index (χ4v) is 1.69. The van der Waals surface area contributed by atoms with Gasteiger partial charge in [0, 0.05) is 12.6 Å². The number of quaternary nitrogens is 1. The molecule has 0 saturated carbocycles. The maximum absolute atomic E-state index is 11.0. The fourth-order valence-electron chi connectivity index (χ4n) is 1.48. The van der Waals surface area contributed by atoms with Crippen molar-refractivity contribution in [3.05, 3.63) is 0 Å². The highest BCUT2D eigenvalue weighted by molar-refractivity contribution is 7.80. The van der Waals surface area contributed by atoms with E-state index in [0.29, 0.717) is 16.0 Å². The zero-order valence-electron chi connectivity index (χ0n) is 9.06. The second kappa shape index (κ2) is 4.24. The van der Waals surface area contributed by atoms with Crippen molar-refractivity contribution in [1.82, 2.24) is 5.32 Å². The van der Waals surface area contributed by atoms with Crippen LogP contribution in [0.3, 0.4) is 0 Å². The number of carbonyl (C=O) groups excluding carboxylic acids is 1. The van der Waals surface area contributed by atoms with E-state index in [1.165, 1.54) is 0 Å². The molecule has 0 bridgehead atoms. The van der Waals surface area contributed by atoms with Crippen LogP contribution < -0.4 is 10.4 Å². The Balaban J connectivity index is 2.65. The number of likely N-dealkylation sites (N-methyl/N-ethyl adjacent to an activating group) is 1. The van der Waals surface area contributed by atoms with Crippen LogP contribution in [0.5, 0.6) is 0 Å². The Hall–Kier alpha value is -1.01. The quantitative estimate of drug-likeness (QED) is 0.472. The summed E-state index contributed by atoms with van der Waals surface area (Å²) in [5, 5.41) is 14.3. The van der Waals surface area contributed by atoms with Crippen LogP contribution in [0, 0.1) is 0 Å². The molecule has 1 unspecified atom stereocenters. The Morgan fingerprint density at radius 2 is 2.33 bits per heavy atom. The van der Waals surface area contributed by atoms with Gasteiger partial charge in [0.25, 0.3) is 0 Å². The third kappa shape index (κ3) is 3.24. The van der Waals surface area contributed by atoms with E-state index in [2.05, 4.69) is 10.3 Å². The van der Waals surface area contributed by atoms with Crippen LogP contribution in [0.15, 0.2) is 4.99 Å². The third-order valence-corrected chi connectivity index (χ3v) is 2.59. The van der Waals surface area contributed by atoms with Crippen LogP contribution in [-0.2, 0) is 4.79 Å². The van der Waals surface area contributed by atoms with Gasteiger partial charge in [-0.2, -0.15) is 0 Å². The van der Waals surface area contributed by atoms with E-state index >= 15 is 0 Å². The molecule has 5 nitrogen and oxygen atoms in total. The normalized spacial score (nSPS) is 22.6. The van der Waals surface area contributed by atoms with Crippen LogP contribution in [0.1, 0.15) is 6.42 Å². The number of carbonyl (C=O) groups is 1. The van der Waals surface area contributed by atoms with Gasteiger partial charge >= 0.3 is 0 Å². The van der Waals surface area contributed by atoms with E-state index in [1.54, 1.807) is 6.21 Å². The molecule has 1 N–H and O–H groups in total. The van der Waals surface area contributed by atoms with Gasteiger partial charge in [-0.25, -0.2) is 4.99 Å². The monoisotopic (exact) mass is 229 g/mol. The number of hydrogen-bond donors (Lipinski definition) is 1. The summed E-state index contributed by atoms with van der Waals surface area (Å²) in [6.45, 7) is 0. The standard InChI is InChI=1S/C9H15N3O2S/c1-12(2,3)7(8(13)14)4-6-5-10-9(15)11-6/h5-7H,4H2,1-3H3,(H-,11,13,14,15)/t6?,7-/m0/s1. The van der Waals surface area contributed by atoms with Crippen molar-refractivity contribution in [3.8, 4) is 0 Å². The van der Waals surface area contributed by atoms with E-state index in [9.17, 15) is 9.90 Å². The second-order valence-electron chi connectivity index (χ2n) is 4.52. The molecule has 0 aliphatic carbocycles. The minimum atomic E-state index is -1.05. The van der Waals surface area contributed by atoms with Crippen molar-refractivity contribution < 1.29 is 14.4 Å². The van der Waals surface area contributed by atoms with Crippen molar-refractivity contribution in [1.29, 1.82) is 0 Å². The van der Waals surface area contributed by atoms with Crippen LogP contribution in [0.25, 0.3) is 0 Å². The summed E-state index contributed by atoms with van der Waals surface area (Å²) in [4.78, 5) is 14.9. The number of nitrogens with zero attached hydrogens (tertiary/aromatic N) is 2. The van der Waals surface area contributed by atoms with Crippen molar-refractivity contribution in [2.45, 2.75) is 18.5 Å². The Labute approximate surface area is 94.4 Å². The van der Waals surface area contributed by atoms with Gasteiger partial charge in [0.2, 0.25) is 0 Å². The van der Waals surface area contributed by atoms with Gasteiger partial charge in [0.05, 0.1) is 33.2 Å². The molecule has 1 aliphatic rings. The Morgan fingerprint density at radius 1 is 1.73 bits per heavy atom. The molecule has 1 heterocycles. The molecular weight excluding hydrogens is 214 g/mol. The van der Waals surface area contributed by atoms with Crippen LogP contribution in [-0.4, -0.2) is 55.0 Å². The highest BCUT2D eigenvalue weighted by atomic mass is 32.1. The van der Waals surface area contributed by atoms with Crippen molar-refractivity contribution >= 4 is 29.5 Å². The SMILES string of the molecule is C[N+](C)(C)[C@@H](CC1C=NC(=S)N1)C(=O)[O-]. The Kier molecular flexibility index (Phi) is 3.41. The van der Waals surface area contributed by atoms with Gasteiger partial charge in [-0.1, -0.05) is 0 Å². The number of aliphatic imine (C=N–C) groups is 1. The summed E-state index contributed by atoms with van der Waals surface area (Å²) >= 11 is 4.83. The minimum Gasteiger partial charge on any atom is -0.544 e. The summed E-state index contributed by atoms with van der Waals surface area (Å²) < 4.78 is 0.321. The second-order valence-corrected chi connectivity index (χ2v) is 4.91. The van der Waals surface area contributed by atoms with Gasteiger partial charge in [-0.3, -0.25) is 0 Å². The van der Waals surface area contributed by atoms with E-state index in [1.807, 2.05) is 21.1 Å². The van der Waals surface area contributed by atoms with Crippen molar-refractivity contribution in [2.75, 3.05) is 21.1 Å². The van der Waals surface area contributed by atoms with Gasteiger partial charge in [-0.15, -0.1) is 0 Å². The molecule has 0 radical (unpaired) electrons. The molecule has 2 atom stereocenters. The summed E-state index contributed by atoms with van der Waals surface area (Å²) in [6, 6.07) is -0.674. The molecule has 0 saturated heterocycles. The number of rotatable bonds is 4. The van der Waals surface area contributed by atoms with Crippen molar-refractivity contribution in [3.63, 3.8) is 0 Å². The van der Waals surface area contributed by atoms with E-state index in [-0.39, 0.29) is 6.04 Å². The summed E-state index contributed by atoms with van der Waals surface area (Å²) in [5.41, 5.74) is 0. The van der Waals surface area contributed by atoms with Gasteiger partial charge in [0.15, 0.2) is 5.11 Å². The number of aliphatic carboxylic acids is 1. The molecule has 1 rings (SSSR count). The molecule has 0 aromatic rings. The molecule has 6 heteroatoms. The summed E-state index contributed by atoms with van der Waals surface area (Å²) in [7, 11) is 5.47. The topological polar surface area (TPSA) is 64.5 Å². The number of hydrogen-bond acceptors (Lipinski definition) is 3. The fraction of sp³-hybridized carbons (Fsp3) is 0.667. The lowest BCUT2D eigenvalue weighted by atomic mass is 10.1. The molecule has 0 fully saturated rings. The highest BCUT2D eigenvalue weighted by Gasteiger charge is 2.29. The third-order valence-electron chi connectivity index (χ3n) is 2.36. The van der Waals surface area contributed by atoms with E-state index < -0.39 is 12.0 Å². The zero-order chi connectivity index (χ0) is 11.6. The number of nitrogens with one attached hydrogen (secondary N) is 1. The average Bonchev–Trinajstić information content (AvgIpc) is 2.44. The molecule has 0 aromatic carbocycles. The zero-order valence-corrected chi connectivity index (χ0v) is 9.87. The Morgan fingerprint density at radius 3 is 2.67 bits per heavy atom. The predicted molar refractivity (Wildman–Crippen MR) is 59.5 cm³/mol. The van der Waals surface area contributed by atoms with Gasteiger partial charge < -0.3 is 19.7 Å². The molecular formula is C9H15N3O2S. The van der Waals surface area contributed by atoms with Gasteiger partial charge in [0.1, 0.15) is 6.04 Å². The molecule has 15 heavy (non-hydrogen) atoms. The summed E-state index contributed by atoms with van der Waals surface area (Å²) in [5.74, 6) is -1.05. The largest absolute Gasteiger partial charge is 0.544 e.